The lowest BCUT2D eigenvalue weighted by atomic mass is 9.95. The van der Waals surface area contributed by atoms with Crippen molar-refractivity contribution in [2.45, 2.75) is 19.5 Å². The first-order valence-electron chi connectivity index (χ1n) is 11.4. The highest BCUT2D eigenvalue weighted by atomic mass is 16.6. The van der Waals surface area contributed by atoms with Crippen molar-refractivity contribution in [3.63, 3.8) is 0 Å². The predicted molar refractivity (Wildman–Crippen MR) is 127 cm³/mol. The number of ketones is 1. The molecule has 178 valence electrons. The molecule has 1 saturated heterocycles. The van der Waals surface area contributed by atoms with E-state index in [9.17, 15) is 14.7 Å². The summed E-state index contributed by atoms with van der Waals surface area (Å²) >= 11 is 0. The van der Waals surface area contributed by atoms with E-state index in [-0.39, 0.29) is 17.9 Å². The second-order valence-electron chi connectivity index (χ2n) is 8.15. The maximum atomic E-state index is 13.3. The van der Waals surface area contributed by atoms with Gasteiger partial charge in [-0.1, -0.05) is 12.1 Å². The van der Waals surface area contributed by atoms with Gasteiger partial charge in [-0.05, 0) is 60.5 Å². The van der Waals surface area contributed by atoms with Gasteiger partial charge >= 0.3 is 0 Å². The molecule has 8 heteroatoms. The van der Waals surface area contributed by atoms with Crippen LogP contribution in [0.5, 0.6) is 17.2 Å². The summed E-state index contributed by atoms with van der Waals surface area (Å²) in [6.07, 6.45) is 3.26. The number of carbonyl (C=O) groups excluding carboxylic acids is 2. The molecule has 0 bridgehead atoms. The van der Waals surface area contributed by atoms with Crippen LogP contribution in [-0.2, 0) is 16.1 Å². The van der Waals surface area contributed by atoms with Gasteiger partial charge in [0.15, 0.2) is 11.5 Å². The molecule has 0 saturated carbocycles. The van der Waals surface area contributed by atoms with Crippen molar-refractivity contribution in [3.05, 3.63) is 89.3 Å². The molecular formula is C27H24N2O6. The first kappa shape index (κ1) is 22.5. The molecule has 5 rings (SSSR count). The highest BCUT2D eigenvalue weighted by Crippen LogP contribution is 2.42. The zero-order chi connectivity index (χ0) is 24.4. The van der Waals surface area contributed by atoms with Gasteiger partial charge in [-0.2, -0.15) is 0 Å². The Hall–Kier alpha value is -4.33. The second-order valence-corrected chi connectivity index (χ2v) is 8.15. The monoisotopic (exact) mass is 472 g/mol. The van der Waals surface area contributed by atoms with Crippen molar-refractivity contribution in [3.8, 4) is 17.2 Å². The summed E-state index contributed by atoms with van der Waals surface area (Å²) in [5.74, 6) is -0.0673. The van der Waals surface area contributed by atoms with Gasteiger partial charge in [0.2, 0.25) is 0 Å². The molecule has 1 amide bonds. The van der Waals surface area contributed by atoms with Crippen LogP contribution in [0.25, 0.3) is 5.76 Å². The number of rotatable bonds is 6. The molecule has 2 aromatic carbocycles. The lowest BCUT2D eigenvalue weighted by Gasteiger charge is -2.26. The van der Waals surface area contributed by atoms with Gasteiger partial charge in [0.25, 0.3) is 11.7 Å². The van der Waals surface area contributed by atoms with E-state index in [0.717, 1.165) is 5.56 Å². The average molecular weight is 472 g/mol. The quantitative estimate of drug-likeness (QED) is 0.330. The summed E-state index contributed by atoms with van der Waals surface area (Å²) in [7, 11) is 0. The fourth-order valence-electron chi connectivity index (χ4n) is 4.36. The molecule has 1 atom stereocenters. The third-order valence-corrected chi connectivity index (χ3v) is 5.94. The third-order valence-electron chi connectivity index (χ3n) is 5.94. The minimum Gasteiger partial charge on any atom is -0.507 e. The molecule has 1 aromatic heterocycles. The molecule has 3 heterocycles. The van der Waals surface area contributed by atoms with E-state index in [1.807, 2.05) is 19.1 Å². The number of aromatic nitrogens is 1. The van der Waals surface area contributed by atoms with E-state index >= 15 is 0 Å². The van der Waals surface area contributed by atoms with Crippen LogP contribution >= 0.6 is 0 Å². The minimum atomic E-state index is -0.809. The van der Waals surface area contributed by atoms with Gasteiger partial charge in [0, 0.05) is 24.5 Å². The average Bonchev–Trinajstić information content (AvgIpc) is 3.14. The van der Waals surface area contributed by atoms with Crippen LogP contribution in [0.2, 0.25) is 0 Å². The van der Waals surface area contributed by atoms with Gasteiger partial charge in [0.05, 0.1) is 18.2 Å². The number of benzene rings is 2. The van der Waals surface area contributed by atoms with E-state index in [4.69, 9.17) is 14.2 Å². The number of aliphatic hydroxyl groups excluding tert-OH is 1. The molecule has 2 aliphatic heterocycles. The van der Waals surface area contributed by atoms with Gasteiger partial charge in [-0.3, -0.25) is 14.6 Å². The van der Waals surface area contributed by atoms with Gasteiger partial charge in [-0.15, -0.1) is 0 Å². The van der Waals surface area contributed by atoms with Crippen molar-refractivity contribution < 1.29 is 28.9 Å². The highest BCUT2D eigenvalue weighted by molar-refractivity contribution is 6.46. The smallest absolute Gasteiger partial charge is 0.295 e. The van der Waals surface area contributed by atoms with Crippen molar-refractivity contribution in [2.24, 2.45) is 0 Å². The summed E-state index contributed by atoms with van der Waals surface area (Å²) in [5, 5.41) is 11.3. The maximum Gasteiger partial charge on any atom is 0.295 e. The van der Waals surface area contributed by atoms with Crippen molar-refractivity contribution in [1.82, 2.24) is 9.88 Å². The molecule has 3 aromatic rings. The summed E-state index contributed by atoms with van der Waals surface area (Å²) < 4.78 is 16.8. The number of hydrogen-bond donors (Lipinski definition) is 1. The van der Waals surface area contributed by atoms with Gasteiger partial charge in [0.1, 0.15) is 24.7 Å². The van der Waals surface area contributed by atoms with Crippen LogP contribution in [0.15, 0.2) is 72.6 Å². The molecule has 1 unspecified atom stereocenters. The number of likely N-dealkylation sites (tertiary alicyclic amines) is 1. The zero-order valence-electron chi connectivity index (χ0n) is 19.1. The number of ether oxygens (including phenoxy) is 3. The number of pyridine rings is 1. The Bertz CT molecular complexity index is 1300. The molecule has 0 radical (unpaired) electrons. The predicted octanol–water partition coefficient (Wildman–Crippen LogP) is 3.87. The Balaban J connectivity index is 1.63. The fourth-order valence-corrected chi connectivity index (χ4v) is 4.36. The van der Waals surface area contributed by atoms with Gasteiger partial charge in [-0.25, -0.2) is 0 Å². The Kier molecular flexibility index (Phi) is 6.10. The van der Waals surface area contributed by atoms with E-state index in [1.165, 1.54) is 4.90 Å². The van der Waals surface area contributed by atoms with Crippen LogP contribution in [-0.4, -0.2) is 46.5 Å². The molecule has 0 aliphatic carbocycles. The van der Waals surface area contributed by atoms with Crippen LogP contribution in [0.3, 0.4) is 0 Å². The van der Waals surface area contributed by atoms with E-state index < -0.39 is 17.7 Å². The third kappa shape index (κ3) is 4.30. The topological polar surface area (TPSA) is 98.2 Å². The summed E-state index contributed by atoms with van der Waals surface area (Å²) in [4.78, 5) is 32.0. The van der Waals surface area contributed by atoms with Crippen LogP contribution in [0.1, 0.15) is 29.7 Å². The van der Waals surface area contributed by atoms with Crippen molar-refractivity contribution >= 4 is 17.4 Å². The van der Waals surface area contributed by atoms with E-state index in [1.54, 1.807) is 54.9 Å². The molecule has 8 nitrogen and oxygen atoms in total. The number of Topliss-reactive ketones (excluding diaryl/α,β-unsaturated/α-hetero) is 1. The summed E-state index contributed by atoms with van der Waals surface area (Å²) in [5.41, 5.74) is 1.84. The van der Waals surface area contributed by atoms with Crippen molar-refractivity contribution in [2.75, 3.05) is 19.8 Å². The SMILES string of the molecule is CCOc1cccc(C2C(=C(O)c3ccc4c(c3)OCCO4)C(=O)C(=O)N2Cc2ccncc2)c1. The number of aliphatic hydroxyl groups is 1. The molecule has 1 fully saturated rings. The summed E-state index contributed by atoms with van der Waals surface area (Å²) in [6, 6.07) is 14.9. The number of nitrogens with zero attached hydrogens (tertiary/aromatic N) is 2. The largest absolute Gasteiger partial charge is 0.507 e. The van der Waals surface area contributed by atoms with E-state index in [0.29, 0.717) is 48.2 Å². The molecular weight excluding hydrogens is 448 g/mol. The first-order chi connectivity index (χ1) is 17.1. The lowest BCUT2D eigenvalue weighted by Crippen LogP contribution is -2.29. The number of amides is 1. The van der Waals surface area contributed by atoms with Crippen LogP contribution in [0.4, 0.5) is 0 Å². The molecule has 0 spiro atoms. The standard InChI is InChI=1S/C27H24N2O6/c1-2-33-20-5-3-4-18(14-20)24-23(25(30)19-6-7-21-22(15-19)35-13-12-34-21)26(31)27(32)29(24)16-17-8-10-28-11-9-17/h3-11,14-15,24,30H,2,12-13,16H2,1H3. The number of fused-ring (bicyclic) bond motifs is 1. The minimum absolute atomic E-state index is 0.00869. The van der Waals surface area contributed by atoms with Gasteiger partial charge < -0.3 is 24.2 Å². The van der Waals surface area contributed by atoms with Crippen molar-refractivity contribution in [1.29, 1.82) is 0 Å². The Morgan fingerprint density at radius 3 is 2.60 bits per heavy atom. The van der Waals surface area contributed by atoms with Crippen LogP contribution in [0, 0.1) is 0 Å². The normalized spacial score (nSPS) is 18.5. The Morgan fingerprint density at radius 1 is 1.06 bits per heavy atom. The summed E-state index contributed by atoms with van der Waals surface area (Å²) in [6.45, 7) is 3.35. The fraction of sp³-hybridized carbons (Fsp3) is 0.222. The highest BCUT2D eigenvalue weighted by Gasteiger charge is 2.46. The number of carbonyl (C=O) groups is 2. The number of hydrogen-bond acceptors (Lipinski definition) is 7. The molecule has 2 aliphatic rings. The maximum absolute atomic E-state index is 13.3. The molecule has 1 N–H and O–H groups in total. The Labute approximate surface area is 202 Å². The Morgan fingerprint density at radius 2 is 1.83 bits per heavy atom. The zero-order valence-corrected chi connectivity index (χ0v) is 19.1. The molecule has 35 heavy (non-hydrogen) atoms. The lowest BCUT2D eigenvalue weighted by molar-refractivity contribution is -0.140. The first-order valence-corrected chi connectivity index (χ1v) is 11.4. The van der Waals surface area contributed by atoms with E-state index in [2.05, 4.69) is 4.98 Å². The second kappa shape index (κ2) is 9.50. The van der Waals surface area contributed by atoms with Crippen LogP contribution < -0.4 is 14.2 Å².